The van der Waals surface area contributed by atoms with Gasteiger partial charge in [0.05, 0.1) is 5.60 Å². The highest BCUT2D eigenvalue weighted by Gasteiger charge is 2.23. The highest BCUT2D eigenvalue weighted by Crippen LogP contribution is 2.13. The van der Waals surface area contributed by atoms with E-state index in [1.165, 1.54) is 4.90 Å². The summed E-state index contributed by atoms with van der Waals surface area (Å²) >= 11 is 0. The molecule has 1 aromatic carbocycles. The lowest BCUT2D eigenvalue weighted by molar-refractivity contribution is 0.0314. The van der Waals surface area contributed by atoms with E-state index in [2.05, 4.69) is 5.32 Å². The Hall–Kier alpha value is -1.88. The number of hydrogen-bond acceptors (Lipinski definition) is 3. The van der Waals surface area contributed by atoms with Gasteiger partial charge in [-0.2, -0.15) is 0 Å². The summed E-state index contributed by atoms with van der Waals surface area (Å²) in [6, 6.07) is 6.48. The Bertz CT molecular complexity index is 491. The fraction of sp³-hybridized carbons (Fsp3) is 0.500. The van der Waals surface area contributed by atoms with Gasteiger partial charge in [-0.25, -0.2) is 0 Å². The molecule has 5 nitrogen and oxygen atoms in total. The smallest absolute Gasteiger partial charge is 0.253 e. The first-order valence-electron chi connectivity index (χ1n) is 7.15. The zero-order chi connectivity index (χ0) is 16.0. The van der Waals surface area contributed by atoms with Crippen LogP contribution in [-0.2, 0) is 0 Å². The summed E-state index contributed by atoms with van der Waals surface area (Å²) in [5.41, 5.74) is 0.145. The Kier molecular flexibility index (Phi) is 5.90. The summed E-state index contributed by atoms with van der Waals surface area (Å²) in [5.74, 6) is -0.354. The Morgan fingerprint density at radius 1 is 1.10 bits per heavy atom. The molecule has 0 aliphatic rings. The van der Waals surface area contributed by atoms with Crippen LogP contribution in [0.2, 0.25) is 0 Å². The topological polar surface area (TPSA) is 69.6 Å². The Morgan fingerprint density at radius 3 is 2.00 bits per heavy atom. The molecule has 0 heterocycles. The van der Waals surface area contributed by atoms with Gasteiger partial charge < -0.3 is 15.3 Å². The molecular weight excluding hydrogens is 268 g/mol. The van der Waals surface area contributed by atoms with Crippen LogP contribution >= 0.6 is 0 Å². The molecule has 0 fully saturated rings. The molecule has 21 heavy (non-hydrogen) atoms. The molecule has 1 rings (SSSR count). The maximum atomic E-state index is 12.0. The molecule has 0 saturated carbocycles. The van der Waals surface area contributed by atoms with E-state index in [-0.39, 0.29) is 18.4 Å². The van der Waals surface area contributed by atoms with Crippen molar-refractivity contribution < 1.29 is 14.7 Å². The number of nitrogens with zero attached hydrogens (tertiary/aromatic N) is 1. The molecule has 0 aromatic heterocycles. The van der Waals surface area contributed by atoms with E-state index in [9.17, 15) is 14.7 Å². The van der Waals surface area contributed by atoms with Crippen molar-refractivity contribution in [1.82, 2.24) is 10.2 Å². The number of nitrogens with one attached hydrogen (secondary N) is 1. The third-order valence-electron chi connectivity index (χ3n) is 3.69. The zero-order valence-corrected chi connectivity index (χ0v) is 13.1. The third kappa shape index (κ3) is 4.56. The minimum absolute atomic E-state index is 0.103. The molecule has 0 bridgehead atoms. The second kappa shape index (κ2) is 7.22. The van der Waals surface area contributed by atoms with Gasteiger partial charge in [-0.1, -0.05) is 13.8 Å². The highest BCUT2D eigenvalue weighted by atomic mass is 16.3. The van der Waals surface area contributed by atoms with Gasteiger partial charge in [-0.05, 0) is 37.1 Å². The average Bonchev–Trinajstić information content (AvgIpc) is 2.51. The Balaban J connectivity index is 2.70. The maximum Gasteiger partial charge on any atom is 0.253 e. The minimum atomic E-state index is -0.865. The van der Waals surface area contributed by atoms with E-state index < -0.39 is 5.60 Å². The zero-order valence-electron chi connectivity index (χ0n) is 13.1. The van der Waals surface area contributed by atoms with E-state index in [1.807, 2.05) is 13.8 Å². The molecule has 0 unspecified atom stereocenters. The van der Waals surface area contributed by atoms with Crippen molar-refractivity contribution in [3.63, 3.8) is 0 Å². The van der Waals surface area contributed by atoms with Gasteiger partial charge in [0.2, 0.25) is 0 Å². The largest absolute Gasteiger partial charge is 0.388 e. The normalized spacial score (nSPS) is 11.1. The predicted octanol–water partition coefficient (Wildman–Crippen LogP) is 1.67. The standard InChI is InChI=1S/C16H24N2O3/c1-5-16(21,6-2)11-17-14(19)12-7-9-13(10-8-12)15(20)18(3)4/h7-10,21H,5-6,11H2,1-4H3,(H,17,19). The lowest BCUT2D eigenvalue weighted by Crippen LogP contribution is -2.42. The molecule has 0 spiro atoms. The summed E-state index contributed by atoms with van der Waals surface area (Å²) in [7, 11) is 3.36. The van der Waals surface area contributed by atoms with Crippen molar-refractivity contribution in [3.8, 4) is 0 Å². The van der Waals surface area contributed by atoms with Crippen molar-refractivity contribution in [2.24, 2.45) is 0 Å². The summed E-state index contributed by atoms with van der Waals surface area (Å²) < 4.78 is 0. The van der Waals surface area contributed by atoms with Crippen molar-refractivity contribution in [1.29, 1.82) is 0 Å². The van der Waals surface area contributed by atoms with Crippen LogP contribution in [-0.4, -0.2) is 48.1 Å². The molecular formula is C16H24N2O3. The second-order valence-corrected chi connectivity index (χ2v) is 5.39. The lowest BCUT2D eigenvalue weighted by atomic mass is 9.97. The van der Waals surface area contributed by atoms with Gasteiger partial charge in [0, 0.05) is 31.8 Å². The van der Waals surface area contributed by atoms with Gasteiger partial charge in [0.1, 0.15) is 0 Å². The van der Waals surface area contributed by atoms with E-state index >= 15 is 0 Å². The first-order valence-corrected chi connectivity index (χ1v) is 7.15. The molecule has 2 N–H and O–H groups in total. The minimum Gasteiger partial charge on any atom is -0.388 e. The van der Waals surface area contributed by atoms with E-state index in [0.717, 1.165) is 0 Å². The first kappa shape index (κ1) is 17.2. The van der Waals surface area contributed by atoms with E-state index in [1.54, 1.807) is 38.4 Å². The SMILES string of the molecule is CCC(O)(CC)CNC(=O)c1ccc(C(=O)N(C)C)cc1. The molecule has 0 saturated heterocycles. The number of carbonyl (C=O) groups excluding carboxylic acids is 2. The number of rotatable bonds is 6. The molecule has 1 aromatic rings. The van der Waals surface area contributed by atoms with Crippen LogP contribution < -0.4 is 5.32 Å². The summed E-state index contributed by atoms with van der Waals surface area (Å²) in [6.45, 7) is 3.99. The number of aliphatic hydroxyl groups is 1. The molecule has 0 aliphatic carbocycles. The monoisotopic (exact) mass is 292 g/mol. The molecule has 0 aliphatic heterocycles. The lowest BCUT2D eigenvalue weighted by Gasteiger charge is -2.25. The third-order valence-corrected chi connectivity index (χ3v) is 3.69. The van der Waals surface area contributed by atoms with Crippen LogP contribution in [0.1, 0.15) is 47.4 Å². The summed E-state index contributed by atoms with van der Waals surface area (Å²) in [6.07, 6.45) is 1.17. The van der Waals surface area contributed by atoms with Crippen LogP contribution in [0.4, 0.5) is 0 Å². The molecule has 0 atom stereocenters. The highest BCUT2D eigenvalue weighted by molar-refractivity contribution is 5.97. The van der Waals surface area contributed by atoms with E-state index in [0.29, 0.717) is 24.0 Å². The van der Waals surface area contributed by atoms with E-state index in [4.69, 9.17) is 0 Å². The molecule has 5 heteroatoms. The molecule has 2 amide bonds. The number of hydrogen-bond donors (Lipinski definition) is 2. The van der Waals surface area contributed by atoms with Crippen molar-refractivity contribution in [2.45, 2.75) is 32.3 Å². The first-order chi connectivity index (χ1) is 9.83. The van der Waals surface area contributed by atoms with Crippen LogP contribution in [0.3, 0.4) is 0 Å². The van der Waals surface area contributed by atoms with Crippen molar-refractivity contribution in [3.05, 3.63) is 35.4 Å². The van der Waals surface area contributed by atoms with Crippen LogP contribution in [0.25, 0.3) is 0 Å². The molecule has 0 radical (unpaired) electrons. The molecule has 116 valence electrons. The fourth-order valence-corrected chi connectivity index (χ4v) is 1.87. The summed E-state index contributed by atoms with van der Waals surface area (Å²) in [4.78, 5) is 25.3. The Morgan fingerprint density at radius 2 is 1.57 bits per heavy atom. The number of carbonyl (C=O) groups is 2. The van der Waals surface area contributed by atoms with Gasteiger partial charge in [-0.15, -0.1) is 0 Å². The van der Waals surface area contributed by atoms with Crippen LogP contribution in [0, 0.1) is 0 Å². The van der Waals surface area contributed by atoms with Crippen LogP contribution in [0.15, 0.2) is 24.3 Å². The number of amides is 2. The quantitative estimate of drug-likeness (QED) is 0.838. The van der Waals surface area contributed by atoms with Crippen molar-refractivity contribution in [2.75, 3.05) is 20.6 Å². The van der Waals surface area contributed by atoms with Gasteiger partial charge in [0.25, 0.3) is 11.8 Å². The predicted molar refractivity (Wildman–Crippen MR) is 82.3 cm³/mol. The number of benzene rings is 1. The van der Waals surface area contributed by atoms with Crippen molar-refractivity contribution >= 4 is 11.8 Å². The average molecular weight is 292 g/mol. The fourth-order valence-electron chi connectivity index (χ4n) is 1.87. The second-order valence-electron chi connectivity index (χ2n) is 5.39. The Labute approximate surface area is 126 Å². The summed E-state index contributed by atoms with van der Waals surface area (Å²) in [5, 5.41) is 12.9. The van der Waals surface area contributed by atoms with Gasteiger partial charge in [-0.3, -0.25) is 9.59 Å². The van der Waals surface area contributed by atoms with Gasteiger partial charge >= 0.3 is 0 Å². The van der Waals surface area contributed by atoms with Gasteiger partial charge in [0.15, 0.2) is 0 Å². The van der Waals surface area contributed by atoms with Crippen LogP contribution in [0.5, 0.6) is 0 Å². The maximum absolute atomic E-state index is 12.0.